The van der Waals surface area contributed by atoms with Gasteiger partial charge in [-0.2, -0.15) is 18.4 Å². The van der Waals surface area contributed by atoms with E-state index >= 15 is 0 Å². The number of aryl methyl sites for hydroxylation is 1. The number of nitrogens with one attached hydrogen (secondary N) is 2. The van der Waals surface area contributed by atoms with Gasteiger partial charge in [0.05, 0.1) is 5.56 Å². The van der Waals surface area contributed by atoms with Crippen LogP contribution in [0.2, 0.25) is 0 Å². The minimum atomic E-state index is -4.43. The van der Waals surface area contributed by atoms with Crippen LogP contribution in [0.4, 0.5) is 13.2 Å². The molecule has 160 valence electrons. The highest BCUT2D eigenvalue weighted by atomic mass is 19.4. The summed E-state index contributed by atoms with van der Waals surface area (Å²) in [7, 11) is 0. The van der Waals surface area contributed by atoms with Crippen LogP contribution in [-0.4, -0.2) is 17.4 Å². The summed E-state index contributed by atoms with van der Waals surface area (Å²) in [5.74, 6) is -0.265. The third kappa shape index (κ3) is 5.29. The highest BCUT2D eigenvalue weighted by Gasteiger charge is 2.32. The number of rotatable bonds is 6. The second-order valence-corrected chi connectivity index (χ2v) is 7.91. The summed E-state index contributed by atoms with van der Waals surface area (Å²) < 4.78 is 38.9. The number of aromatic amines is 1. The molecule has 1 heterocycles. The Balaban J connectivity index is 2.05. The van der Waals surface area contributed by atoms with Gasteiger partial charge in [0.15, 0.2) is 0 Å². The standard InChI is InChI=1S/C22H24F3N3O2/c1-13-17(14(2)28-20(30)18(13)11-26)8-9-19(29)27-12-21(3,4)15-6-5-7-16(10-15)22(23,24)25/h5-7,10H,8-9,12H2,1-4H3,(H,27,29)(H,28,30). The van der Waals surface area contributed by atoms with Gasteiger partial charge in [0.2, 0.25) is 5.91 Å². The molecule has 0 atom stereocenters. The minimum Gasteiger partial charge on any atom is -0.355 e. The molecule has 30 heavy (non-hydrogen) atoms. The maximum atomic E-state index is 13.0. The second-order valence-electron chi connectivity index (χ2n) is 7.91. The third-order valence-electron chi connectivity index (χ3n) is 5.22. The van der Waals surface area contributed by atoms with Crippen molar-refractivity contribution >= 4 is 5.91 Å². The number of alkyl halides is 3. The van der Waals surface area contributed by atoms with Gasteiger partial charge in [-0.3, -0.25) is 9.59 Å². The van der Waals surface area contributed by atoms with E-state index in [1.807, 2.05) is 6.07 Å². The fraction of sp³-hybridized carbons (Fsp3) is 0.409. The molecule has 0 spiro atoms. The normalized spacial score (nSPS) is 11.8. The van der Waals surface area contributed by atoms with Crippen molar-refractivity contribution in [3.8, 4) is 6.07 Å². The highest BCUT2D eigenvalue weighted by Crippen LogP contribution is 2.32. The number of nitrogens with zero attached hydrogens (tertiary/aromatic N) is 1. The van der Waals surface area contributed by atoms with E-state index in [0.29, 0.717) is 23.2 Å². The van der Waals surface area contributed by atoms with E-state index in [9.17, 15) is 22.8 Å². The van der Waals surface area contributed by atoms with E-state index in [1.165, 1.54) is 6.07 Å². The summed E-state index contributed by atoms with van der Waals surface area (Å²) in [5.41, 5.74) is 0.516. The molecule has 1 amide bonds. The summed E-state index contributed by atoms with van der Waals surface area (Å²) in [5, 5.41) is 11.9. The summed E-state index contributed by atoms with van der Waals surface area (Å²) in [6, 6.07) is 6.96. The number of halogens is 3. The van der Waals surface area contributed by atoms with Gasteiger partial charge in [0.1, 0.15) is 11.6 Å². The SMILES string of the molecule is Cc1[nH]c(=O)c(C#N)c(C)c1CCC(=O)NCC(C)(C)c1cccc(C(F)(F)F)c1. The van der Waals surface area contributed by atoms with E-state index < -0.39 is 22.7 Å². The molecule has 0 radical (unpaired) electrons. The van der Waals surface area contributed by atoms with Crippen LogP contribution in [0.15, 0.2) is 29.1 Å². The second kappa shape index (κ2) is 8.74. The zero-order chi connectivity index (χ0) is 22.7. The maximum absolute atomic E-state index is 13.0. The predicted molar refractivity (Wildman–Crippen MR) is 107 cm³/mol. The van der Waals surface area contributed by atoms with Gasteiger partial charge in [-0.15, -0.1) is 0 Å². The zero-order valence-corrected chi connectivity index (χ0v) is 17.3. The van der Waals surface area contributed by atoms with Crippen molar-refractivity contribution in [1.82, 2.24) is 10.3 Å². The van der Waals surface area contributed by atoms with Gasteiger partial charge in [0, 0.05) is 24.1 Å². The van der Waals surface area contributed by atoms with Crippen molar-refractivity contribution in [3.05, 3.63) is 68.1 Å². The lowest BCUT2D eigenvalue weighted by atomic mass is 9.83. The Morgan fingerprint density at radius 3 is 2.43 bits per heavy atom. The number of benzene rings is 1. The molecule has 1 aromatic heterocycles. The molecule has 0 aliphatic rings. The minimum absolute atomic E-state index is 0.0293. The molecule has 0 bridgehead atoms. The summed E-state index contributed by atoms with van der Waals surface area (Å²) in [6.45, 7) is 7.07. The molecule has 2 aromatic rings. The average molecular weight is 419 g/mol. The highest BCUT2D eigenvalue weighted by molar-refractivity contribution is 5.76. The fourth-order valence-corrected chi connectivity index (χ4v) is 3.29. The molecule has 5 nitrogen and oxygen atoms in total. The van der Waals surface area contributed by atoms with Crippen LogP contribution in [0.25, 0.3) is 0 Å². The summed E-state index contributed by atoms with van der Waals surface area (Å²) >= 11 is 0. The lowest BCUT2D eigenvalue weighted by Gasteiger charge is -2.26. The van der Waals surface area contributed by atoms with Crippen molar-refractivity contribution in [3.63, 3.8) is 0 Å². The number of aromatic nitrogens is 1. The van der Waals surface area contributed by atoms with Crippen molar-refractivity contribution < 1.29 is 18.0 Å². The van der Waals surface area contributed by atoms with Gasteiger partial charge in [-0.05, 0) is 43.0 Å². The number of hydrogen-bond donors (Lipinski definition) is 2. The molecule has 2 rings (SSSR count). The van der Waals surface area contributed by atoms with Crippen LogP contribution in [0.1, 0.15) is 53.8 Å². The lowest BCUT2D eigenvalue weighted by Crippen LogP contribution is -2.37. The van der Waals surface area contributed by atoms with Crippen LogP contribution in [0, 0.1) is 25.2 Å². The van der Waals surface area contributed by atoms with Gasteiger partial charge < -0.3 is 10.3 Å². The molecule has 2 N–H and O–H groups in total. The first kappa shape index (κ1) is 23.2. The topological polar surface area (TPSA) is 85.8 Å². The smallest absolute Gasteiger partial charge is 0.355 e. The number of H-pyrrole nitrogens is 1. The Bertz CT molecular complexity index is 1050. The molecule has 0 aliphatic heterocycles. The quantitative estimate of drug-likeness (QED) is 0.744. The van der Waals surface area contributed by atoms with Gasteiger partial charge in [0.25, 0.3) is 5.56 Å². The molecule has 0 unspecified atom stereocenters. The Morgan fingerprint density at radius 2 is 1.83 bits per heavy atom. The maximum Gasteiger partial charge on any atom is 0.416 e. The average Bonchev–Trinajstić information content (AvgIpc) is 2.66. The summed E-state index contributed by atoms with van der Waals surface area (Å²) in [4.78, 5) is 26.7. The molecule has 0 saturated carbocycles. The lowest BCUT2D eigenvalue weighted by molar-refractivity contribution is -0.137. The van der Waals surface area contributed by atoms with Crippen molar-refractivity contribution in [2.24, 2.45) is 0 Å². The van der Waals surface area contributed by atoms with Gasteiger partial charge in [-0.1, -0.05) is 32.0 Å². The Labute approximate surface area is 172 Å². The van der Waals surface area contributed by atoms with Crippen LogP contribution < -0.4 is 10.9 Å². The largest absolute Gasteiger partial charge is 0.416 e. The molecule has 0 fully saturated rings. The number of amides is 1. The van der Waals surface area contributed by atoms with Gasteiger partial charge in [-0.25, -0.2) is 0 Å². The van der Waals surface area contributed by atoms with E-state index in [1.54, 1.807) is 33.8 Å². The number of hydrogen-bond acceptors (Lipinski definition) is 3. The molecule has 0 aliphatic carbocycles. The molecule has 8 heteroatoms. The number of carbonyl (C=O) groups excluding carboxylic acids is 1. The summed E-state index contributed by atoms with van der Waals surface area (Å²) in [6.07, 6.45) is -3.97. The molecule has 0 saturated heterocycles. The third-order valence-corrected chi connectivity index (χ3v) is 5.22. The van der Waals surface area contributed by atoms with Crippen LogP contribution >= 0.6 is 0 Å². The van der Waals surface area contributed by atoms with Crippen LogP contribution in [0.5, 0.6) is 0 Å². The fourth-order valence-electron chi connectivity index (χ4n) is 3.29. The Kier molecular flexibility index (Phi) is 6.76. The zero-order valence-electron chi connectivity index (χ0n) is 17.3. The van der Waals surface area contributed by atoms with E-state index in [2.05, 4.69) is 10.3 Å². The molecular formula is C22H24F3N3O2. The predicted octanol–water partition coefficient (Wildman–Crippen LogP) is 3.91. The first-order valence-electron chi connectivity index (χ1n) is 9.43. The van der Waals surface area contributed by atoms with Crippen LogP contribution in [0.3, 0.4) is 0 Å². The van der Waals surface area contributed by atoms with Crippen molar-refractivity contribution in [1.29, 1.82) is 5.26 Å². The number of nitriles is 1. The first-order valence-corrected chi connectivity index (χ1v) is 9.43. The molecule has 1 aromatic carbocycles. The monoisotopic (exact) mass is 419 g/mol. The first-order chi connectivity index (χ1) is 13.9. The van der Waals surface area contributed by atoms with Crippen molar-refractivity contribution in [2.45, 2.75) is 52.1 Å². The van der Waals surface area contributed by atoms with E-state index in [4.69, 9.17) is 5.26 Å². The van der Waals surface area contributed by atoms with Crippen molar-refractivity contribution in [2.75, 3.05) is 6.54 Å². The Hall–Kier alpha value is -3.08. The van der Waals surface area contributed by atoms with Crippen LogP contribution in [-0.2, 0) is 22.8 Å². The van der Waals surface area contributed by atoms with E-state index in [0.717, 1.165) is 17.7 Å². The molecular weight excluding hydrogens is 395 g/mol. The van der Waals surface area contributed by atoms with E-state index in [-0.39, 0.29) is 24.4 Å². The number of pyridine rings is 1. The Morgan fingerprint density at radius 1 is 1.20 bits per heavy atom. The van der Waals surface area contributed by atoms with Gasteiger partial charge >= 0.3 is 6.18 Å². The number of carbonyl (C=O) groups is 1.